The van der Waals surface area contributed by atoms with Gasteiger partial charge in [0.25, 0.3) is 0 Å². The Bertz CT molecular complexity index is 646. The highest BCUT2D eigenvalue weighted by molar-refractivity contribution is 5.79. The molecule has 3 nitrogen and oxygen atoms in total. The lowest BCUT2D eigenvalue weighted by atomic mass is 10.1. The van der Waals surface area contributed by atoms with Gasteiger partial charge in [0.1, 0.15) is 0 Å². The van der Waals surface area contributed by atoms with Crippen LogP contribution in [0.3, 0.4) is 0 Å². The first kappa shape index (κ1) is 15.8. The van der Waals surface area contributed by atoms with Crippen molar-refractivity contribution in [2.45, 2.75) is 19.9 Å². The van der Waals surface area contributed by atoms with Gasteiger partial charge in [-0.3, -0.25) is 9.69 Å². The molecule has 120 valence electrons. The van der Waals surface area contributed by atoms with Crippen LogP contribution < -0.4 is 0 Å². The zero-order chi connectivity index (χ0) is 16.1. The van der Waals surface area contributed by atoms with Gasteiger partial charge in [-0.1, -0.05) is 54.6 Å². The van der Waals surface area contributed by atoms with Crippen LogP contribution in [0.5, 0.6) is 0 Å². The molecule has 0 N–H and O–H groups in total. The predicted octanol–water partition coefficient (Wildman–Crippen LogP) is 2.88. The summed E-state index contributed by atoms with van der Waals surface area (Å²) in [7, 11) is 0. The van der Waals surface area contributed by atoms with Gasteiger partial charge >= 0.3 is 0 Å². The predicted molar refractivity (Wildman–Crippen MR) is 93.2 cm³/mol. The maximum absolute atomic E-state index is 12.5. The van der Waals surface area contributed by atoms with Crippen molar-refractivity contribution in [3.63, 3.8) is 0 Å². The maximum Gasteiger partial charge on any atom is 0.227 e. The molecule has 1 aliphatic rings. The van der Waals surface area contributed by atoms with E-state index in [4.69, 9.17) is 0 Å². The largest absolute Gasteiger partial charge is 0.340 e. The Balaban J connectivity index is 1.50. The Morgan fingerprint density at radius 1 is 0.913 bits per heavy atom. The molecule has 1 aliphatic heterocycles. The molecule has 0 radical (unpaired) electrons. The highest BCUT2D eigenvalue weighted by Gasteiger charge is 2.21. The van der Waals surface area contributed by atoms with Crippen molar-refractivity contribution >= 4 is 5.91 Å². The first-order valence-corrected chi connectivity index (χ1v) is 8.31. The molecule has 0 spiro atoms. The van der Waals surface area contributed by atoms with Gasteiger partial charge < -0.3 is 4.90 Å². The van der Waals surface area contributed by atoms with Gasteiger partial charge in [-0.05, 0) is 23.6 Å². The Morgan fingerprint density at radius 2 is 1.57 bits per heavy atom. The Kier molecular flexibility index (Phi) is 5.09. The van der Waals surface area contributed by atoms with Crippen LogP contribution in [0.1, 0.15) is 16.7 Å². The van der Waals surface area contributed by atoms with Crippen LogP contribution >= 0.6 is 0 Å². The fourth-order valence-corrected chi connectivity index (χ4v) is 3.08. The van der Waals surface area contributed by atoms with Gasteiger partial charge in [0.2, 0.25) is 5.91 Å². The maximum atomic E-state index is 12.5. The van der Waals surface area contributed by atoms with Gasteiger partial charge in [0.05, 0.1) is 6.42 Å². The van der Waals surface area contributed by atoms with E-state index in [1.807, 2.05) is 23.1 Å². The Labute approximate surface area is 138 Å². The average molecular weight is 308 g/mol. The number of carbonyl (C=O) groups is 1. The van der Waals surface area contributed by atoms with E-state index in [0.29, 0.717) is 6.42 Å². The van der Waals surface area contributed by atoms with Crippen LogP contribution in [0, 0.1) is 6.92 Å². The molecule has 3 heteroatoms. The molecule has 0 bridgehead atoms. The minimum absolute atomic E-state index is 0.249. The number of amides is 1. The first-order chi connectivity index (χ1) is 11.2. The summed E-state index contributed by atoms with van der Waals surface area (Å²) in [5.74, 6) is 0.249. The SMILES string of the molecule is Cc1ccccc1CC(=O)N1CCN(Cc2ccccc2)CC1. The van der Waals surface area contributed by atoms with Crippen molar-refractivity contribution in [3.05, 3.63) is 71.3 Å². The fraction of sp³-hybridized carbons (Fsp3) is 0.350. The van der Waals surface area contributed by atoms with Crippen LogP contribution in [0.15, 0.2) is 54.6 Å². The summed E-state index contributed by atoms with van der Waals surface area (Å²) in [4.78, 5) is 16.9. The summed E-state index contributed by atoms with van der Waals surface area (Å²) in [6, 6.07) is 18.7. The molecule has 0 atom stereocenters. The minimum Gasteiger partial charge on any atom is -0.340 e. The number of carbonyl (C=O) groups excluding carboxylic acids is 1. The zero-order valence-electron chi connectivity index (χ0n) is 13.7. The third-order valence-electron chi connectivity index (χ3n) is 4.58. The molecule has 0 aliphatic carbocycles. The molecule has 0 unspecified atom stereocenters. The van der Waals surface area contributed by atoms with E-state index < -0.39 is 0 Å². The normalized spacial score (nSPS) is 15.6. The van der Waals surface area contributed by atoms with E-state index in [0.717, 1.165) is 38.3 Å². The lowest BCUT2D eigenvalue weighted by Gasteiger charge is -2.35. The first-order valence-electron chi connectivity index (χ1n) is 8.31. The monoisotopic (exact) mass is 308 g/mol. The van der Waals surface area contributed by atoms with Crippen LogP contribution in [0.4, 0.5) is 0 Å². The van der Waals surface area contributed by atoms with E-state index in [1.54, 1.807) is 0 Å². The number of piperazine rings is 1. The van der Waals surface area contributed by atoms with E-state index >= 15 is 0 Å². The quantitative estimate of drug-likeness (QED) is 0.867. The summed E-state index contributed by atoms with van der Waals surface area (Å²) >= 11 is 0. The van der Waals surface area contributed by atoms with Crippen molar-refractivity contribution < 1.29 is 4.79 Å². The molecule has 2 aromatic carbocycles. The highest BCUT2D eigenvalue weighted by atomic mass is 16.2. The second kappa shape index (κ2) is 7.42. The van der Waals surface area contributed by atoms with Crippen LogP contribution in [0.25, 0.3) is 0 Å². The minimum atomic E-state index is 0.249. The van der Waals surface area contributed by atoms with Crippen LogP contribution in [0.2, 0.25) is 0 Å². The van der Waals surface area contributed by atoms with Gasteiger partial charge in [-0.15, -0.1) is 0 Å². The third kappa shape index (κ3) is 4.20. The van der Waals surface area contributed by atoms with Crippen molar-refractivity contribution in [2.75, 3.05) is 26.2 Å². The second-order valence-corrected chi connectivity index (χ2v) is 6.25. The number of nitrogens with zero attached hydrogens (tertiary/aromatic N) is 2. The Morgan fingerprint density at radius 3 is 2.26 bits per heavy atom. The fourth-order valence-electron chi connectivity index (χ4n) is 3.08. The lowest BCUT2D eigenvalue weighted by molar-refractivity contribution is -0.132. The molecule has 23 heavy (non-hydrogen) atoms. The molecule has 0 aromatic heterocycles. The summed E-state index contributed by atoms with van der Waals surface area (Å²) in [5.41, 5.74) is 3.68. The molecule has 2 aromatic rings. The van der Waals surface area contributed by atoms with Crippen LogP contribution in [-0.2, 0) is 17.8 Å². The van der Waals surface area contributed by atoms with Crippen molar-refractivity contribution in [2.24, 2.45) is 0 Å². The molecule has 1 amide bonds. The molecule has 3 rings (SSSR count). The summed E-state index contributed by atoms with van der Waals surface area (Å²) in [6.07, 6.45) is 0.519. The van der Waals surface area contributed by atoms with E-state index in [2.05, 4.69) is 48.2 Å². The molecule has 1 heterocycles. The van der Waals surface area contributed by atoms with Gasteiger partial charge in [0.15, 0.2) is 0 Å². The van der Waals surface area contributed by atoms with E-state index in [1.165, 1.54) is 11.1 Å². The average Bonchev–Trinajstić information content (AvgIpc) is 2.58. The van der Waals surface area contributed by atoms with Gasteiger partial charge in [-0.25, -0.2) is 0 Å². The summed E-state index contributed by atoms with van der Waals surface area (Å²) in [5, 5.41) is 0. The Hall–Kier alpha value is -2.13. The van der Waals surface area contributed by atoms with Crippen molar-refractivity contribution in [3.8, 4) is 0 Å². The van der Waals surface area contributed by atoms with Crippen LogP contribution in [-0.4, -0.2) is 41.9 Å². The standard InChI is InChI=1S/C20H24N2O/c1-17-7-5-6-10-19(17)15-20(23)22-13-11-21(12-14-22)16-18-8-3-2-4-9-18/h2-10H,11-16H2,1H3. The zero-order valence-corrected chi connectivity index (χ0v) is 13.7. The summed E-state index contributed by atoms with van der Waals surface area (Å²) < 4.78 is 0. The van der Waals surface area contributed by atoms with Crippen molar-refractivity contribution in [1.82, 2.24) is 9.80 Å². The number of aryl methyl sites for hydroxylation is 1. The van der Waals surface area contributed by atoms with Crippen molar-refractivity contribution in [1.29, 1.82) is 0 Å². The van der Waals surface area contributed by atoms with Gasteiger partial charge in [0, 0.05) is 32.7 Å². The number of hydrogen-bond acceptors (Lipinski definition) is 2. The topological polar surface area (TPSA) is 23.6 Å². The third-order valence-corrected chi connectivity index (χ3v) is 4.58. The molecule has 0 saturated carbocycles. The number of benzene rings is 2. The van der Waals surface area contributed by atoms with Gasteiger partial charge in [-0.2, -0.15) is 0 Å². The molecular formula is C20H24N2O. The number of hydrogen-bond donors (Lipinski definition) is 0. The molecule has 1 fully saturated rings. The lowest BCUT2D eigenvalue weighted by Crippen LogP contribution is -2.48. The molecular weight excluding hydrogens is 284 g/mol. The van der Waals surface area contributed by atoms with E-state index in [-0.39, 0.29) is 5.91 Å². The molecule has 1 saturated heterocycles. The second-order valence-electron chi connectivity index (χ2n) is 6.25. The smallest absolute Gasteiger partial charge is 0.227 e. The van der Waals surface area contributed by atoms with E-state index in [9.17, 15) is 4.79 Å². The number of rotatable bonds is 4. The summed E-state index contributed by atoms with van der Waals surface area (Å²) in [6.45, 7) is 6.61. The highest BCUT2D eigenvalue weighted by Crippen LogP contribution is 2.12.